The number of carbonyl (C=O) groups is 3. The molecule has 0 spiro atoms. The van der Waals surface area contributed by atoms with Gasteiger partial charge in [0, 0.05) is 20.0 Å². The maximum absolute atomic E-state index is 12.8. The summed E-state index contributed by atoms with van der Waals surface area (Å²) in [5, 5.41) is 23.6. The summed E-state index contributed by atoms with van der Waals surface area (Å²) >= 11 is 2.89. The smallest absolute Gasteiger partial charge is 0.338 e. The third-order valence-corrected chi connectivity index (χ3v) is 8.61. The molecule has 0 unspecified atom stereocenters. The zero-order valence-corrected chi connectivity index (χ0v) is 25.5. The topological polar surface area (TPSA) is 130 Å². The molecular weight excluding hydrogens is 597 g/mol. The van der Waals surface area contributed by atoms with E-state index in [0.717, 1.165) is 42.9 Å². The summed E-state index contributed by atoms with van der Waals surface area (Å²) in [7, 11) is 1.35. The third kappa shape index (κ3) is 7.23. The van der Waals surface area contributed by atoms with Crippen LogP contribution in [0.15, 0.2) is 88.6 Å². The highest BCUT2D eigenvalue weighted by atomic mass is 32.1. The lowest BCUT2D eigenvalue weighted by Gasteiger charge is -2.06. The first-order valence-electron chi connectivity index (χ1n) is 13.6. The van der Waals surface area contributed by atoms with Crippen LogP contribution in [-0.2, 0) is 14.3 Å². The average molecular weight is 623 g/mol. The second-order valence-electron chi connectivity index (χ2n) is 9.59. The number of nitriles is 1. The second kappa shape index (κ2) is 13.9. The lowest BCUT2D eigenvalue weighted by Crippen LogP contribution is -2.13. The molecule has 5 aromatic rings. The zero-order valence-electron chi connectivity index (χ0n) is 23.8. The minimum atomic E-state index is -0.547. The molecule has 0 fully saturated rings. The molecule has 3 aromatic carbocycles. The van der Waals surface area contributed by atoms with E-state index in [-0.39, 0.29) is 11.5 Å². The number of hydrogen-bond donors (Lipinski definition) is 1. The van der Waals surface area contributed by atoms with E-state index in [4.69, 9.17) is 9.47 Å². The predicted octanol–water partition coefficient (Wildman–Crippen LogP) is 8.82. The Morgan fingerprint density at radius 1 is 0.886 bits per heavy atom. The predicted molar refractivity (Wildman–Crippen MR) is 173 cm³/mol. The number of methoxy groups -OCH3 is 1. The Hall–Kier alpha value is -5.18. The number of amides is 1. The number of nitrogens with zero attached hydrogens (tertiary/aromatic N) is 3. The second-order valence-corrected chi connectivity index (χ2v) is 11.8. The van der Waals surface area contributed by atoms with Crippen molar-refractivity contribution >= 4 is 83.1 Å². The van der Waals surface area contributed by atoms with E-state index in [2.05, 4.69) is 15.5 Å². The Kier molecular flexibility index (Phi) is 9.54. The fraction of sp³-hybridized carbons (Fsp3) is 0.152. The first-order chi connectivity index (χ1) is 21.4. The van der Waals surface area contributed by atoms with Crippen LogP contribution in [0.25, 0.3) is 26.2 Å². The SMILES string of the molecule is CCCCOC(=O)c1ccc(NC(=O)/C(C#N)=C/c2cc3sc(/N=N/c4ccc5cc(C(=O)OC)ccc5c4)cc3s2)cc1. The van der Waals surface area contributed by atoms with Crippen LogP contribution in [0.4, 0.5) is 16.4 Å². The first kappa shape index (κ1) is 30.3. The van der Waals surface area contributed by atoms with Gasteiger partial charge in [-0.2, -0.15) is 5.26 Å². The maximum Gasteiger partial charge on any atom is 0.338 e. The summed E-state index contributed by atoms with van der Waals surface area (Å²) in [4.78, 5) is 37.4. The average Bonchev–Trinajstić information content (AvgIpc) is 3.60. The molecule has 11 heteroatoms. The van der Waals surface area contributed by atoms with Crippen molar-refractivity contribution in [2.75, 3.05) is 19.0 Å². The van der Waals surface area contributed by atoms with Crippen LogP contribution < -0.4 is 5.32 Å². The molecule has 44 heavy (non-hydrogen) atoms. The van der Waals surface area contributed by atoms with Crippen molar-refractivity contribution < 1.29 is 23.9 Å². The van der Waals surface area contributed by atoms with Gasteiger partial charge >= 0.3 is 11.9 Å². The number of hydrogen-bond acceptors (Lipinski definition) is 10. The van der Waals surface area contributed by atoms with Gasteiger partial charge in [-0.3, -0.25) is 4.79 Å². The zero-order chi connectivity index (χ0) is 31.1. The van der Waals surface area contributed by atoms with Crippen LogP contribution in [0.1, 0.15) is 45.4 Å². The van der Waals surface area contributed by atoms with Crippen LogP contribution in [0.3, 0.4) is 0 Å². The molecule has 2 aromatic heterocycles. The Labute approximate surface area is 261 Å². The normalized spacial score (nSPS) is 11.5. The number of esters is 2. The molecule has 9 nitrogen and oxygen atoms in total. The van der Waals surface area contributed by atoms with E-state index in [1.54, 1.807) is 42.5 Å². The van der Waals surface area contributed by atoms with Gasteiger partial charge in [-0.25, -0.2) is 9.59 Å². The Balaban J connectivity index is 1.23. The van der Waals surface area contributed by atoms with Crippen molar-refractivity contribution in [1.82, 2.24) is 0 Å². The van der Waals surface area contributed by atoms with Crippen LogP contribution in [0.2, 0.25) is 0 Å². The highest BCUT2D eigenvalue weighted by Gasteiger charge is 2.13. The number of unbranched alkanes of at least 4 members (excludes halogenated alkanes) is 1. The summed E-state index contributed by atoms with van der Waals surface area (Å²) in [5.74, 6) is -1.35. The van der Waals surface area contributed by atoms with Crippen molar-refractivity contribution in [2.45, 2.75) is 19.8 Å². The summed E-state index contributed by atoms with van der Waals surface area (Å²) in [6.45, 7) is 2.38. The summed E-state index contributed by atoms with van der Waals surface area (Å²) < 4.78 is 11.9. The quantitative estimate of drug-likeness (QED) is 0.0544. The van der Waals surface area contributed by atoms with Crippen LogP contribution in [0, 0.1) is 11.3 Å². The number of anilines is 1. The number of ether oxygens (including phenoxy) is 2. The number of nitrogens with one attached hydrogen (secondary N) is 1. The van der Waals surface area contributed by atoms with E-state index in [1.165, 1.54) is 29.8 Å². The van der Waals surface area contributed by atoms with Crippen LogP contribution in [-0.4, -0.2) is 31.6 Å². The molecule has 0 saturated heterocycles. The van der Waals surface area contributed by atoms with Gasteiger partial charge in [-0.15, -0.1) is 32.9 Å². The number of rotatable bonds is 10. The molecule has 0 bridgehead atoms. The van der Waals surface area contributed by atoms with Gasteiger partial charge in [0.05, 0.1) is 30.5 Å². The number of thiophene rings is 2. The highest BCUT2D eigenvalue weighted by molar-refractivity contribution is 7.30. The number of benzene rings is 3. The van der Waals surface area contributed by atoms with Gasteiger partial charge in [0.25, 0.3) is 5.91 Å². The van der Waals surface area contributed by atoms with Crippen molar-refractivity contribution in [1.29, 1.82) is 5.26 Å². The number of carbonyl (C=O) groups excluding carboxylic acids is 3. The van der Waals surface area contributed by atoms with Gasteiger partial charge in [0.15, 0.2) is 0 Å². The molecule has 0 aliphatic rings. The first-order valence-corrected chi connectivity index (χ1v) is 15.3. The van der Waals surface area contributed by atoms with Crippen molar-refractivity contribution in [3.05, 3.63) is 94.4 Å². The maximum atomic E-state index is 12.8. The van der Waals surface area contributed by atoms with E-state index in [1.807, 2.05) is 49.4 Å². The summed E-state index contributed by atoms with van der Waals surface area (Å²) in [6, 6.07) is 23.1. The summed E-state index contributed by atoms with van der Waals surface area (Å²) in [5.41, 5.74) is 1.96. The molecule has 0 saturated carbocycles. The van der Waals surface area contributed by atoms with Crippen molar-refractivity contribution in [2.24, 2.45) is 10.2 Å². The number of fused-ring (bicyclic) bond motifs is 2. The fourth-order valence-corrected chi connectivity index (χ4v) is 6.35. The fourth-order valence-electron chi connectivity index (χ4n) is 4.18. The lowest BCUT2D eigenvalue weighted by atomic mass is 10.1. The molecule has 220 valence electrons. The van der Waals surface area contributed by atoms with E-state index < -0.39 is 11.9 Å². The largest absolute Gasteiger partial charge is 0.465 e. The molecule has 1 N–H and O–H groups in total. The van der Waals surface area contributed by atoms with Gasteiger partial charge in [-0.05, 0) is 83.9 Å². The summed E-state index contributed by atoms with van der Waals surface area (Å²) in [6.07, 6.45) is 3.28. The molecular formula is C33H26N4O5S2. The number of azo groups is 1. The molecule has 0 radical (unpaired) electrons. The van der Waals surface area contributed by atoms with Crippen molar-refractivity contribution in [3.8, 4) is 6.07 Å². The third-order valence-electron chi connectivity index (χ3n) is 6.48. The minimum absolute atomic E-state index is 0.0446. The molecule has 5 rings (SSSR count). The van der Waals surface area contributed by atoms with Crippen molar-refractivity contribution in [3.63, 3.8) is 0 Å². The Morgan fingerprint density at radius 3 is 2.34 bits per heavy atom. The van der Waals surface area contributed by atoms with Gasteiger partial charge in [-0.1, -0.05) is 25.5 Å². The van der Waals surface area contributed by atoms with Crippen LogP contribution in [0.5, 0.6) is 0 Å². The molecule has 0 atom stereocenters. The van der Waals surface area contributed by atoms with E-state index >= 15 is 0 Å². The Bertz CT molecular complexity index is 1930. The van der Waals surface area contributed by atoms with Gasteiger partial charge in [0.1, 0.15) is 16.6 Å². The monoisotopic (exact) mass is 622 g/mol. The Morgan fingerprint density at radius 2 is 1.61 bits per heavy atom. The van der Waals surface area contributed by atoms with Gasteiger partial charge in [0.2, 0.25) is 0 Å². The standard InChI is InChI=1S/C33H26N4O5S2/c1-3-4-13-42-33(40)20-7-10-25(11-8-20)35-31(38)24(19-34)16-27-17-28-29(43-27)18-30(44-28)37-36-26-12-9-21-14-23(32(39)41-2)6-5-22(21)15-26/h5-12,14-18H,3-4,13H2,1-2H3,(H,35,38)/b24-16+,37-36+. The van der Waals surface area contributed by atoms with E-state index in [9.17, 15) is 19.6 Å². The minimum Gasteiger partial charge on any atom is -0.465 e. The van der Waals surface area contributed by atoms with Gasteiger partial charge < -0.3 is 14.8 Å². The van der Waals surface area contributed by atoms with E-state index in [0.29, 0.717) is 29.1 Å². The molecule has 0 aliphatic heterocycles. The molecule has 0 aliphatic carbocycles. The highest BCUT2D eigenvalue weighted by Crippen LogP contribution is 2.39. The molecule has 1 amide bonds. The van der Waals surface area contributed by atoms with Crippen LogP contribution >= 0.6 is 22.7 Å². The molecule has 2 heterocycles. The lowest BCUT2D eigenvalue weighted by molar-refractivity contribution is -0.112.